The summed E-state index contributed by atoms with van der Waals surface area (Å²) in [5.41, 5.74) is 0.600. The molecule has 3 rings (SSSR count). The van der Waals surface area contributed by atoms with Gasteiger partial charge in [-0.1, -0.05) is 29.9 Å². The molecular formula is C17H16ClN3O4S. The average Bonchev–Trinajstić information content (AvgIpc) is 2.92. The van der Waals surface area contributed by atoms with Crippen LogP contribution in [0.5, 0.6) is 5.75 Å². The van der Waals surface area contributed by atoms with Crippen molar-refractivity contribution in [2.45, 2.75) is 32.4 Å². The smallest absolute Gasteiger partial charge is 0.308 e. The van der Waals surface area contributed by atoms with Crippen LogP contribution >= 0.6 is 22.9 Å². The van der Waals surface area contributed by atoms with E-state index in [2.05, 4.69) is 9.97 Å². The predicted molar refractivity (Wildman–Crippen MR) is 99.0 cm³/mol. The van der Waals surface area contributed by atoms with Gasteiger partial charge in [-0.3, -0.25) is 14.2 Å². The maximum Gasteiger partial charge on any atom is 0.308 e. The molecule has 0 fully saturated rings. The third-order valence-corrected chi connectivity index (χ3v) is 5.02. The molecule has 0 aliphatic rings. The lowest BCUT2D eigenvalue weighted by Crippen LogP contribution is -2.15. The summed E-state index contributed by atoms with van der Waals surface area (Å²) in [5, 5.41) is 9.18. The summed E-state index contributed by atoms with van der Waals surface area (Å²) in [5.74, 6) is 0.0273. The van der Waals surface area contributed by atoms with Crippen LogP contribution in [0, 0.1) is 0 Å². The second-order valence-electron chi connectivity index (χ2n) is 5.54. The van der Waals surface area contributed by atoms with E-state index in [4.69, 9.17) is 21.4 Å². The van der Waals surface area contributed by atoms with Crippen molar-refractivity contribution < 1.29 is 14.6 Å². The molecule has 0 bridgehead atoms. The van der Waals surface area contributed by atoms with E-state index in [9.17, 15) is 9.59 Å². The Hall–Kier alpha value is -2.45. The number of rotatable bonds is 7. The Morgan fingerprint density at radius 2 is 2.12 bits per heavy atom. The van der Waals surface area contributed by atoms with Crippen molar-refractivity contribution in [2.75, 3.05) is 0 Å². The number of hydrogen-bond donors (Lipinski definition) is 1. The summed E-state index contributed by atoms with van der Waals surface area (Å²) in [6.45, 7) is 2.05. The lowest BCUT2D eigenvalue weighted by molar-refractivity contribution is -0.137. The highest BCUT2D eigenvalue weighted by Gasteiger charge is 2.18. The van der Waals surface area contributed by atoms with Gasteiger partial charge in [0.15, 0.2) is 11.9 Å². The first kappa shape index (κ1) is 18.3. The van der Waals surface area contributed by atoms with Crippen LogP contribution in [0.3, 0.4) is 0 Å². The summed E-state index contributed by atoms with van der Waals surface area (Å²) in [6, 6.07) is 5.06. The molecule has 0 unspecified atom stereocenters. The van der Waals surface area contributed by atoms with Gasteiger partial charge in [-0.25, -0.2) is 9.97 Å². The zero-order valence-electron chi connectivity index (χ0n) is 13.9. The number of aryl methyl sites for hydroxylation is 1. The molecule has 0 saturated carbocycles. The number of fused-ring (bicyclic) bond motifs is 1. The highest BCUT2D eigenvalue weighted by Crippen LogP contribution is 2.34. The fraction of sp³-hybridized carbons (Fsp3) is 0.294. The number of hydrogen-bond acceptors (Lipinski definition) is 6. The fourth-order valence-electron chi connectivity index (χ4n) is 2.52. The molecule has 136 valence electrons. The molecule has 1 atom stereocenters. The number of halogens is 1. The maximum absolute atomic E-state index is 12.2. The number of carbonyl (C=O) groups is 1. The van der Waals surface area contributed by atoms with Crippen molar-refractivity contribution in [1.82, 2.24) is 14.5 Å². The molecule has 0 saturated heterocycles. The van der Waals surface area contributed by atoms with Crippen LogP contribution < -0.4 is 9.61 Å². The number of thiazole rings is 1. The molecule has 0 radical (unpaired) electrons. The molecule has 0 amide bonds. The molecule has 9 heteroatoms. The van der Waals surface area contributed by atoms with Gasteiger partial charge >= 0.3 is 10.8 Å². The summed E-state index contributed by atoms with van der Waals surface area (Å²) in [6.07, 6.45) is 3.44. The quantitative estimate of drug-likeness (QED) is 0.660. The first-order valence-corrected chi connectivity index (χ1v) is 9.17. The van der Waals surface area contributed by atoms with Crippen LogP contribution in [-0.4, -0.2) is 25.6 Å². The molecule has 7 nitrogen and oxygen atoms in total. The van der Waals surface area contributed by atoms with Crippen molar-refractivity contribution >= 4 is 39.1 Å². The van der Waals surface area contributed by atoms with Gasteiger partial charge in [0.2, 0.25) is 0 Å². The summed E-state index contributed by atoms with van der Waals surface area (Å²) < 4.78 is 8.08. The predicted octanol–water partition coefficient (Wildman–Crippen LogP) is 3.51. The molecule has 0 aliphatic heterocycles. The highest BCUT2D eigenvalue weighted by atomic mass is 35.5. The van der Waals surface area contributed by atoms with Crippen LogP contribution in [0.1, 0.15) is 31.7 Å². The molecule has 0 aliphatic carbocycles. The van der Waals surface area contributed by atoms with E-state index < -0.39 is 5.97 Å². The Kier molecular flexibility index (Phi) is 5.53. The van der Waals surface area contributed by atoms with E-state index >= 15 is 0 Å². The fourth-order valence-corrected chi connectivity index (χ4v) is 3.65. The first-order valence-electron chi connectivity index (χ1n) is 7.97. The van der Waals surface area contributed by atoms with E-state index in [1.54, 1.807) is 30.6 Å². The second kappa shape index (κ2) is 7.84. The molecule has 26 heavy (non-hydrogen) atoms. The van der Waals surface area contributed by atoms with Gasteiger partial charge in [0, 0.05) is 25.0 Å². The molecule has 2 heterocycles. The van der Waals surface area contributed by atoms with Gasteiger partial charge in [0.25, 0.3) is 0 Å². The Labute approximate surface area is 157 Å². The Bertz CT molecular complexity index is 987. The molecule has 2 aromatic heterocycles. The third kappa shape index (κ3) is 3.86. The minimum Gasteiger partial charge on any atom is -0.481 e. The van der Waals surface area contributed by atoms with Gasteiger partial charge in [0.1, 0.15) is 5.75 Å². The largest absolute Gasteiger partial charge is 0.481 e. The number of nitrogens with zero attached hydrogens (tertiary/aromatic N) is 3. The second-order valence-corrected chi connectivity index (χ2v) is 6.94. The van der Waals surface area contributed by atoms with Crippen molar-refractivity contribution in [3.63, 3.8) is 0 Å². The van der Waals surface area contributed by atoms with E-state index in [0.717, 1.165) is 11.3 Å². The zero-order valence-corrected chi connectivity index (χ0v) is 15.5. The molecule has 1 N–H and O–H groups in total. The van der Waals surface area contributed by atoms with Gasteiger partial charge in [0.05, 0.1) is 21.7 Å². The molecule has 3 aromatic rings. The van der Waals surface area contributed by atoms with Gasteiger partial charge in [-0.05, 0) is 18.6 Å². The summed E-state index contributed by atoms with van der Waals surface area (Å²) in [4.78, 5) is 31.1. The molecule has 1 aromatic carbocycles. The normalized spacial score (nSPS) is 12.2. The van der Waals surface area contributed by atoms with Gasteiger partial charge in [-0.2, -0.15) is 0 Å². The lowest BCUT2D eigenvalue weighted by atomic mass is 10.2. The standard InChI is InChI=1S/C17H16ClN3O4S/c1-2-12(16-19-5-3-6-20-16)25-13-9-14-11(8-10(13)18)21(17(24)26-14)7-4-15(22)23/h3,5-6,8-9,12H,2,4,7H2,1H3,(H,22,23)/t12-/m0/s1. The minimum absolute atomic E-state index is 0.0974. The topological polar surface area (TPSA) is 94.3 Å². The van der Waals surface area contributed by atoms with Crippen molar-refractivity contribution in [3.8, 4) is 5.75 Å². The lowest BCUT2D eigenvalue weighted by Gasteiger charge is -2.17. The van der Waals surface area contributed by atoms with E-state index in [1.807, 2.05) is 6.92 Å². The maximum atomic E-state index is 12.2. The van der Waals surface area contributed by atoms with Crippen molar-refractivity contribution in [3.05, 3.63) is 51.1 Å². The monoisotopic (exact) mass is 393 g/mol. The number of ether oxygens (including phenoxy) is 1. The van der Waals surface area contributed by atoms with Crippen LogP contribution in [0.2, 0.25) is 5.02 Å². The van der Waals surface area contributed by atoms with Crippen LogP contribution in [0.15, 0.2) is 35.4 Å². The first-order chi connectivity index (χ1) is 12.5. The highest BCUT2D eigenvalue weighted by molar-refractivity contribution is 7.16. The van der Waals surface area contributed by atoms with Crippen molar-refractivity contribution in [2.24, 2.45) is 0 Å². The SMILES string of the molecule is CC[C@H](Oc1cc2sc(=O)n(CCC(=O)O)c2cc1Cl)c1ncccn1. The Morgan fingerprint density at radius 1 is 1.38 bits per heavy atom. The Morgan fingerprint density at radius 3 is 2.77 bits per heavy atom. The van der Waals surface area contributed by atoms with Crippen LogP contribution in [0.25, 0.3) is 10.2 Å². The van der Waals surface area contributed by atoms with Gasteiger partial charge < -0.3 is 9.84 Å². The van der Waals surface area contributed by atoms with Crippen molar-refractivity contribution in [1.29, 1.82) is 0 Å². The number of carboxylic acid groups (broad SMARTS) is 1. The van der Waals surface area contributed by atoms with Gasteiger partial charge in [-0.15, -0.1) is 0 Å². The molecular weight excluding hydrogens is 378 g/mol. The van der Waals surface area contributed by atoms with E-state index in [-0.39, 0.29) is 23.9 Å². The minimum atomic E-state index is -0.962. The summed E-state index contributed by atoms with van der Waals surface area (Å²) in [7, 11) is 0. The van der Waals surface area contributed by atoms with E-state index in [0.29, 0.717) is 33.2 Å². The number of aliphatic carboxylic acids is 1. The number of aromatic nitrogens is 3. The van der Waals surface area contributed by atoms with E-state index in [1.165, 1.54) is 4.57 Å². The number of benzene rings is 1. The average molecular weight is 394 g/mol. The molecule has 0 spiro atoms. The zero-order chi connectivity index (χ0) is 18.7. The third-order valence-electron chi connectivity index (χ3n) is 3.78. The van der Waals surface area contributed by atoms with Crippen LogP contribution in [0.4, 0.5) is 0 Å². The van der Waals surface area contributed by atoms with Crippen LogP contribution in [-0.2, 0) is 11.3 Å². The number of carboxylic acids is 1. The Balaban J connectivity index is 1.94. The summed E-state index contributed by atoms with van der Waals surface area (Å²) >= 11 is 7.37.